The SMILES string of the molecule is C/C(=N/Nc1nc(-c2cc3ccccc3oc2=O)cs1)c1cccc2ccccc12. The van der Waals surface area contributed by atoms with E-state index in [4.69, 9.17) is 4.42 Å². The van der Waals surface area contributed by atoms with Gasteiger partial charge in [-0.15, -0.1) is 11.3 Å². The van der Waals surface area contributed by atoms with Crippen molar-refractivity contribution >= 4 is 43.9 Å². The molecular formula is C24H17N3O2S. The number of nitrogens with one attached hydrogen (secondary N) is 1. The van der Waals surface area contributed by atoms with Crippen molar-refractivity contribution in [3.05, 3.63) is 94.2 Å². The summed E-state index contributed by atoms with van der Waals surface area (Å²) in [6.45, 7) is 1.96. The summed E-state index contributed by atoms with van der Waals surface area (Å²) < 4.78 is 5.41. The summed E-state index contributed by atoms with van der Waals surface area (Å²) in [4.78, 5) is 16.9. The van der Waals surface area contributed by atoms with Gasteiger partial charge in [0.2, 0.25) is 5.13 Å². The molecule has 2 aromatic heterocycles. The highest BCUT2D eigenvalue weighted by molar-refractivity contribution is 7.14. The number of para-hydroxylation sites is 1. The average molecular weight is 411 g/mol. The van der Waals surface area contributed by atoms with Gasteiger partial charge in [0.15, 0.2) is 0 Å². The monoisotopic (exact) mass is 411 g/mol. The first-order chi connectivity index (χ1) is 14.7. The number of thiazole rings is 1. The lowest BCUT2D eigenvalue weighted by molar-refractivity contribution is 0.563. The fourth-order valence-electron chi connectivity index (χ4n) is 3.42. The molecule has 2 heterocycles. The Hall–Kier alpha value is -3.77. The second kappa shape index (κ2) is 7.57. The lowest BCUT2D eigenvalue weighted by atomic mass is 10.0. The van der Waals surface area contributed by atoms with Gasteiger partial charge in [0.05, 0.1) is 17.0 Å². The molecule has 5 aromatic rings. The number of hydrogen-bond donors (Lipinski definition) is 1. The highest BCUT2D eigenvalue weighted by atomic mass is 32.1. The summed E-state index contributed by atoms with van der Waals surface area (Å²) in [5.74, 6) is 0. The van der Waals surface area contributed by atoms with E-state index in [1.165, 1.54) is 16.7 Å². The van der Waals surface area contributed by atoms with E-state index in [0.29, 0.717) is 22.0 Å². The van der Waals surface area contributed by atoms with Crippen LogP contribution < -0.4 is 11.1 Å². The fraction of sp³-hybridized carbons (Fsp3) is 0.0417. The van der Waals surface area contributed by atoms with Crippen LogP contribution in [-0.4, -0.2) is 10.7 Å². The summed E-state index contributed by atoms with van der Waals surface area (Å²) >= 11 is 1.39. The van der Waals surface area contributed by atoms with E-state index >= 15 is 0 Å². The second-order valence-electron chi connectivity index (χ2n) is 6.86. The number of fused-ring (bicyclic) bond motifs is 2. The number of rotatable bonds is 4. The molecule has 0 spiro atoms. The molecule has 0 atom stereocenters. The van der Waals surface area contributed by atoms with Gasteiger partial charge in [0.1, 0.15) is 5.58 Å². The Morgan fingerprint density at radius 2 is 1.77 bits per heavy atom. The maximum atomic E-state index is 12.4. The van der Waals surface area contributed by atoms with Crippen molar-refractivity contribution in [2.45, 2.75) is 6.92 Å². The van der Waals surface area contributed by atoms with Gasteiger partial charge in [-0.1, -0.05) is 60.7 Å². The molecule has 6 heteroatoms. The number of hydrazone groups is 1. The van der Waals surface area contributed by atoms with Crippen LogP contribution in [0.3, 0.4) is 0 Å². The van der Waals surface area contributed by atoms with Gasteiger partial charge in [0.25, 0.3) is 0 Å². The third-order valence-corrected chi connectivity index (χ3v) is 5.67. The molecule has 1 N–H and O–H groups in total. The minimum Gasteiger partial charge on any atom is -0.422 e. The largest absolute Gasteiger partial charge is 0.422 e. The van der Waals surface area contributed by atoms with Gasteiger partial charge in [-0.25, -0.2) is 9.78 Å². The van der Waals surface area contributed by atoms with E-state index in [0.717, 1.165) is 22.0 Å². The Morgan fingerprint density at radius 3 is 2.67 bits per heavy atom. The Kier molecular flexibility index (Phi) is 4.61. The third kappa shape index (κ3) is 3.38. The maximum absolute atomic E-state index is 12.4. The minimum absolute atomic E-state index is 0.402. The Morgan fingerprint density at radius 1 is 1.00 bits per heavy atom. The zero-order chi connectivity index (χ0) is 20.5. The maximum Gasteiger partial charge on any atom is 0.345 e. The summed E-state index contributed by atoms with van der Waals surface area (Å²) in [5, 5.41) is 10.1. The van der Waals surface area contributed by atoms with Crippen LogP contribution in [0.4, 0.5) is 5.13 Å². The van der Waals surface area contributed by atoms with E-state index in [1.54, 1.807) is 6.07 Å². The van der Waals surface area contributed by atoms with Crippen molar-refractivity contribution < 1.29 is 4.42 Å². The predicted octanol–water partition coefficient (Wildman–Crippen LogP) is 5.91. The molecule has 0 aliphatic carbocycles. The van der Waals surface area contributed by atoms with Gasteiger partial charge in [-0.3, -0.25) is 5.43 Å². The van der Waals surface area contributed by atoms with E-state index < -0.39 is 5.63 Å². The summed E-state index contributed by atoms with van der Waals surface area (Å²) in [6, 6.07) is 23.6. The highest BCUT2D eigenvalue weighted by Gasteiger charge is 2.11. The van der Waals surface area contributed by atoms with Crippen molar-refractivity contribution in [3.63, 3.8) is 0 Å². The molecule has 30 heavy (non-hydrogen) atoms. The van der Waals surface area contributed by atoms with Crippen LogP contribution in [0.5, 0.6) is 0 Å². The molecule has 0 bridgehead atoms. The average Bonchev–Trinajstić information content (AvgIpc) is 3.25. The zero-order valence-electron chi connectivity index (χ0n) is 16.1. The first-order valence-electron chi connectivity index (χ1n) is 9.46. The highest BCUT2D eigenvalue weighted by Crippen LogP contribution is 2.25. The quantitative estimate of drug-likeness (QED) is 0.227. The van der Waals surface area contributed by atoms with Gasteiger partial charge >= 0.3 is 5.63 Å². The van der Waals surface area contributed by atoms with Gasteiger partial charge in [0, 0.05) is 16.3 Å². The summed E-state index contributed by atoms with van der Waals surface area (Å²) in [6.07, 6.45) is 0. The fourth-order valence-corrected chi connectivity index (χ4v) is 4.07. The molecule has 0 unspecified atom stereocenters. The van der Waals surface area contributed by atoms with Gasteiger partial charge < -0.3 is 4.42 Å². The molecule has 5 rings (SSSR count). The van der Waals surface area contributed by atoms with E-state index in [9.17, 15) is 4.79 Å². The summed E-state index contributed by atoms with van der Waals surface area (Å²) in [5.41, 5.74) is 6.11. The van der Waals surface area contributed by atoms with Crippen LogP contribution in [0.25, 0.3) is 33.0 Å². The van der Waals surface area contributed by atoms with Crippen molar-refractivity contribution in [1.82, 2.24) is 4.98 Å². The first kappa shape index (κ1) is 18.3. The standard InChI is InChI=1S/C24H17N3O2S/c1-15(18-11-6-9-16-7-2-4-10-19(16)18)26-27-24-25-21(14-30-24)20-13-17-8-3-5-12-22(17)29-23(20)28/h2-14H,1H3,(H,25,27)/b26-15-. The molecule has 0 fully saturated rings. The van der Waals surface area contributed by atoms with Crippen molar-refractivity contribution in [2.75, 3.05) is 5.43 Å². The van der Waals surface area contributed by atoms with Gasteiger partial charge in [-0.05, 0) is 29.8 Å². The Balaban J connectivity index is 1.44. The zero-order valence-corrected chi connectivity index (χ0v) is 16.9. The van der Waals surface area contributed by atoms with Crippen molar-refractivity contribution in [2.24, 2.45) is 5.10 Å². The molecule has 0 radical (unpaired) electrons. The van der Waals surface area contributed by atoms with E-state index in [-0.39, 0.29) is 0 Å². The van der Waals surface area contributed by atoms with E-state index in [1.807, 2.05) is 54.8 Å². The topological polar surface area (TPSA) is 67.5 Å². The molecule has 3 aromatic carbocycles. The van der Waals surface area contributed by atoms with Crippen LogP contribution in [0.2, 0.25) is 0 Å². The number of anilines is 1. The smallest absolute Gasteiger partial charge is 0.345 e. The molecule has 0 saturated carbocycles. The second-order valence-corrected chi connectivity index (χ2v) is 7.72. The molecule has 0 saturated heterocycles. The van der Waals surface area contributed by atoms with Crippen LogP contribution in [0.15, 0.2) is 92.5 Å². The molecule has 146 valence electrons. The Labute approximate surface area is 176 Å². The normalized spacial score (nSPS) is 11.8. The Bertz CT molecular complexity index is 1460. The molecule has 5 nitrogen and oxygen atoms in total. The number of hydrogen-bond acceptors (Lipinski definition) is 6. The molecule has 0 amide bonds. The number of benzene rings is 3. The molecule has 0 aliphatic heterocycles. The van der Waals surface area contributed by atoms with Crippen LogP contribution in [0, 0.1) is 0 Å². The van der Waals surface area contributed by atoms with Crippen molar-refractivity contribution in [3.8, 4) is 11.3 Å². The first-order valence-corrected chi connectivity index (χ1v) is 10.3. The van der Waals surface area contributed by atoms with Crippen molar-refractivity contribution in [1.29, 1.82) is 0 Å². The molecular weight excluding hydrogens is 394 g/mol. The van der Waals surface area contributed by atoms with Gasteiger partial charge in [-0.2, -0.15) is 5.10 Å². The van der Waals surface area contributed by atoms with Crippen LogP contribution in [-0.2, 0) is 0 Å². The number of aromatic nitrogens is 1. The van der Waals surface area contributed by atoms with Crippen LogP contribution >= 0.6 is 11.3 Å². The number of nitrogens with zero attached hydrogens (tertiary/aromatic N) is 2. The lowest BCUT2D eigenvalue weighted by Gasteiger charge is -2.06. The molecule has 0 aliphatic rings. The minimum atomic E-state index is -0.402. The third-order valence-electron chi connectivity index (χ3n) is 4.92. The van der Waals surface area contributed by atoms with Crippen LogP contribution in [0.1, 0.15) is 12.5 Å². The summed E-state index contributed by atoms with van der Waals surface area (Å²) in [7, 11) is 0. The lowest BCUT2D eigenvalue weighted by Crippen LogP contribution is -2.03. The predicted molar refractivity (Wildman–Crippen MR) is 123 cm³/mol. The van der Waals surface area contributed by atoms with E-state index in [2.05, 4.69) is 39.8 Å².